The summed E-state index contributed by atoms with van der Waals surface area (Å²) in [6.07, 6.45) is 0. The summed E-state index contributed by atoms with van der Waals surface area (Å²) in [5, 5.41) is 11.2. The summed E-state index contributed by atoms with van der Waals surface area (Å²) in [7, 11) is -3.96. The Labute approximate surface area is 139 Å². The maximum absolute atomic E-state index is 12.6. The first-order valence-electron chi connectivity index (χ1n) is 6.66. The van der Waals surface area contributed by atoms with Crippen molar-refractivity contribution in [2.24, 2.45) is 0 Å². The van der Waals surface area contributed by atoms with E-state index >= 15 is 0 Å². The fourth-order valence-corrected chi connectivity index (χ4v) is 4.22. The van der Waals surface area contributed by atoms with Crippen molar-refractivity contribution in [2.45, 2.75) is 25.7 Å². The third-order valence-corrected chi connectivity index (χ3v) is 5.18. The Bertz CT molecular complexity index is 871. The number of nitro benzene ring substituents is 1. The quantitative estimate of drug-likeness (QED) is 0.664. The summed E-state index contributed by atoms with van der Waals surface area (Å²) in [5.41, 5.74) is 1.57. The van der Waals surface area contributed by atoms with E-state index in [2.05, 4.69) is 4.72 Å². The zero-order valence-corrected chi connectivity index (χ0v) is 14.3. The molecule has 0 amide bonds. The maximum atomic E-state index is 12.6. The third kappa shape index (κ3) is 3.62. The van der Waals surface area contributed by atoms with E-state index in [1.165, 1.54) is 12.1 Å². The number of rotatable bonds is 4. The zero-order chi connectivity index (χ0) is 17.4. The van der Waals surface area contributed by atoms with Gasteiger partial charge in [-0.05, 0) is 44.0 Å². The summed E-state index contributed by atoms with van der Waals surface area (Å²) in [5.74, 6) is 0. The highest BCUT2D eigenvalue weighted by Gasteiger charge is 2.24. The van der Waals surface area contributed by atoms with E-state index in [0.717, 1.165) is 11.6 Å². The minimum Gasteiger partial charge on any atom is -0.273 e. The second kappa shape index (κ2) is 6.17. The van der Waals surface area contributed by atoms with Crippen LogP contribution in [0.25, 0.3) is 0 Å². The smallest absolute Gasteiger partial charge is 0.273 e. The molecule has 0 saturated carbocycles. The highest BCUT2D eigenvalue weighted by molar-refractivity contribution is 7.92. The number of aryl methyl sites for hydroxylation is 3. The molecule has 122 valence electrons. The first-order valence-corrected chi connectivity index (χ1v) is 8.52. The Morgan fingerprint density at radius 3 is 2.17 bits per heavy atom. The second-order valence-corrected chi connectivity index (χ2v) is 7.31. The fourth-order valence-electron chi connectivity index (χ4n) is 2.53. The number of nitrogens with one attached hydrogen (secondary N) is 1. The van der Waals surface area contributed by atoms with Crippen LogP contribution in [0.2, 0.25) is 5.02 Å². The van der Waals surface area contributed by atoms with Gasteiger partial charge in [-0.2, -0.15) is 0 Å². The highest BCUT2D eigenvalue weighted by Crippen LogP contribution is 2.31. The summed E-state index contributed by atoms with van der Waals surface area (Å²) in [6.45, 7) is 5.24. The molecule has 1 N–H and O–H groups in total. The van der Waals surface area contributed by atoms with Crippen LogP contribution in [0.5, 0.6) is 0 Å². The van der Waals surface area contributed by atoms with Gasteiger partial charge in [-0.15, -0.1) is 0 Å². The van der Waals surface area contributed by atoms with Gasteiger partial charge in [0.15, 0.2) is 0 Å². The third-order valence-electron chi connectivity index (χ3n) is 3.27. The van der Waals surface area contributed by atoms with Crippen molar-refractivity contribution < 1.29 is 13.3 Å². The van der Waals surface area contributed by atoms with E-state index in [1.807, 2.05) is 6.92 Å². The summed E-state index contributed by atoms with van der Waals surface area (Å²) in [4.78, 5) is 10.5. The summed E-state index contributed by atoms with van der Waals surface area (Å²) >= 11 is 5.74. The zero-order valence-electron chi connectivity index (χ0n) is 12.8. The van der Waals surface area contributed by atoms with Crippen molar-refractivity contribution in [2.75, 3.05) is 4.72 Å². The van der Waals surface area contributed by atoms with Crippen LogP contribution in [0, 0.1) is 30.9 Å². The molecule has 2 aromatic rings. The van der Waals surface area contributed by atoms with E-state index in [1.54, 1.807) is 26.0 Å². The Morgan fingerprint density at radius 2 is 1.65 bits per heavy atom. The molecular weight excluding hydrogens is 340 g/mol. The minimum atomic E-state index is -3.96. The molecule has 6 nitrogen and oxygen atoms in total. The van der Waals surface area contributed by atoms with Crippen LogP contribution in [0.3, 0.4) is 0 Å². The number of halogens is 1. The molecule has 0 radical (unpaired) electrons. The van der Waals surface area contributed by atoms with Crippen LogP contribution in [0.1, 0.15) is 16.7 Å². The van der Waals surface area contributed by atoms with Crippen molar-refractivity contribution in [3.05, 3.63) is 62.2 Å². The fraction of sp³-hybridized carbons (Fsp3) is 0.200. The molecule has 0 aliphatic carbocycles. The summed E-state index contributed by atoms with van der Waals surface area (Å²) in [6, 6.07) is 7.27. The number of nitrogens with zero attached hydrogens (tertiary/aromatic N) is 1. The van der Waals surface area contributed by atoms with Crippen molar-refractivity contribution in [1.29, 1.82) is 0 Å². The lowest BCUT2D eigenvalue weighted by molar-refractivity contribution is -0.383. The highest BCUT2D eigenvalue weighted by atomic mass is 35.5. The van der Waals surface area contributed by atoms with Gasteiger partial charge in [-0.1, -0.05) is 29.3 Å². The van der Waals surface area contributed by atoms with Gasteiger partial charge >= 0.3 is 0 Å². The number of hydrogen-bond acceptors (Lipinski definition) is 4. The van der Waals surface area contributed by atoms with Crippen LogP contribution in [-0.4, -0.2) is 13.3 Å². The average molecular weight is 355 g/mol. The SMILES string of the molecule is Cc1cc(C)c(S(=O)(=O)Nc2ccc(Cl)cc2[N+](=O)[O-])c(C)c1. The average Bonchev–Trinajstić information content (AvgIpc) is 2.38. The molecule has 0 aromatic heterocycles. The largest absolute Gasteiger partial charge is 0.294 e. The number of sulfonamides is 1. The predicted octanol–water partition coefficient (Wildman–Crippen LogP) is 3.97. The normalized spacial score (nSPS) is 11.3. The molecule has 0 spiro atoms. The Kier molecular flexibility index (Phi) is 4.63. The number of nitro groups is 1. The Balaban J connectivity index is 2.54. The van der Waals surface area contributed by atoms with Gasteiger partial charge in [0.05, 0.1) is 9.82 Å². The van der Waals surface area contributed by atoms with Gasteiger partial charge in [0.25, 0.3) is 15.7 Å². The van der Waals surface area contributed by atoms with Gasteiger partial charge < -0.3 is 0 Å². The molecule has 0 saturated heterocycles. The van der Waals surface area contributed by atoms with Crippen molar-refractivity contribution in [3.8, 4) is 0 Å². The molecule has 2 aromatic carbocycles. The van der Waals surface area contributed by atoms with Gasteiger partial charge in [0, 0.05) is 11.1 Å². The summed E-state index contributed by atoms with van der Waals surface area (Å²) < 4.78 is 27.6. The lowest BCUT2D eigenvalue weighted by atomic mass is 10.1. The number of hydrogen-bond donors (Lipinski definition) is 1. The van der Waals surface area contributed by atoms with E-state index in [9.17, 15) is 18.5 Å². The van der Waals surface area contributed by atoms with Crippen LogP contribution in [0.15, 0.2) is 35.2 Å². The molecule has 0 heterocycles. The minimum absolute atomic E-state index is 0.118. The number of anilines is 1. The topological polar surface area (TPSA) is 89.3 Å². The van der Waals surface area contributed by atoms with Crippen LogP contribution in [-0.2, 0) is 10.0 Å². The molecule has 0 unspecified atom stereocenters. The van der Waals surface area contributed by atoms with Gasteiger partial charge in [-0.25, -0.2) is 8.42 Å². The number of benzene rings is 2. The molecule has 0 fully saturated rings. The molecule has 23 heavy (non-hydrogen) atoms. The molecule has 0 atom stereocenters. The Hall–Kier alpha value is -2.12. The lowest BCUT2D eigenvalue weighted by Gasteiger charge is -2.14. The molecule has 0 aliphatic rings. The molecule has 0 bridgehead atoms. The standard InChI is InChI=1S/C15H15ClN2O4S/c1-9-6-10(2)15(11(3)7-9)23(21,22)17-13-5-4-12(16)8-14(13)18(19)20/h4-8,17H,1-3H3. The van der Waals surface area contributed by atoms with E-state index in [4.69, 9.17) is 11.6 Å². The molecular formula is C15H15ClN2O4S. The Morgan fingerprint density at radius 1 is 1.09 bits per heavy atom. The van der Waals surface area contributed by atoms with Gasteiger partial charge in [-0.3, -0.25) is 14.8 Å². The monoisotopic (exact) mass is 354 g/mol. The van der Waals surface area contributed by atoms with Crippen LogP contribution >= 0.6 is 11.6 Å². The first kappa shape index (κ1) is 17.2. The lowest BCUT2D eigenvalue weighted by Crippen LogP contribution is -2.16. The van der Waals surface area contributed by atoms with Crippen LogP contribution < -0.4 is 4.72 Å². The van der Waals surface area contributed by atoms with Crippen molar-refractivity contribution in [3.63, 3.8) is 0 Å². The molecule has 0 aliphatic heterocycles. The van der Waals surface area contributed by atoms with E-state index in [0.29, 0.717) is 11.1 Å². The van der Waals surface area contributed by atoms with Crippen LogP contribution in [0.4, 0.5) is 11.4 Å². The maximum Gasteiger partial charge on any atom is 0.294 e. The van der Waals surface area contributed by atoms with Gasteiger partial charge in [0.1, 0.15) is 5.69 Å². The van der Waals surface area contributed by atoms with Crippen molar-refractivity contribution >= 4 is 33.0 Å². The second-order valence-electron chi connectivity index (χ2n) is 5.25. The molecule has 2 rings (SSSR count). The first-order chi connectivity index (χ1) is 10.6. The van der Waals surface area contributed by atoms with E-state index in [-0.39, 0.29) is 15.6 Å². The molecule has 8 heteroatoms. The predicted molar refractivity (Wildman–Crippen MR) is 89.6 cm³/mol. The van der Waals surface area contributed by atoms with Gasteiger partial charge in [0.2, 0.25) is 0 Å². The van der Waals surface area contributed by atoms with E-state index < -0.39 is 20.6 Å². The van der Waals surface area contributed by atoms with Crippen molar-refractivity contribution in [1.82, 2.24) is 0 Å².